The van der Waals surface area contributed by atoms with Crippen LogP contribution in [0, 0.1) is 5.92 Å². The van der Waals surface area contributed by atoms with E-state index in [1.165, 1.54) is 38.2 Å². The van der Waals surface area contributed by atoms with Crippen LogP contribution in [-0.2, 0) is 0 Å². The molecule has 2 aliphatic heterocycles. The molecule has 0 radical (unpaired) electrons. The van der Waals surface area contributed by atoms with Gasteiger partial charge in [-0.1, -0.05) is 15.9 Å². The van der Waals surface area contributed by atoms with Crippen molar-refractivity contribution in [1.82, 2.24) is 4.90 Å². The van der Waals surface area contributed by atoms with Crippen molar-refractivity contribution in [2.75, 3.05) is 25.0 Å². The zero-order valence-electron chi connectivity index (χ0n) is 9.63. The Bertz CT molecular complexity index is 422. The molecular formula is C13H16Br2N2. The molecule has 92 valence electrons. The zero-order valence-corrected chi connectivity index (χ0v) is 12.8. The quantitative estimate of drug-likeness (QED) is 0.865. The first kappa shape index (κ1) is 12.0. The maximum Gasteiger partial charge on any atom is 0.0487 e. The molecule has 17 heavy (non-hydrogen) atoms. The van der Waals surface area contributed by atoms with Crippen LogP contribution in [0.1, 0.15) is 12.8 Å². The van der Waals surface area contributed by atoms with Crippen LogP contribution < -0.4 is 5.32 Å². The lowest BCUT2D eigenvalue weighted by molar-refractivity contribution is 0.255. The molecule has 1 N–H and O–H groups in total. The Hall–Kier alpha value is -0.0600. The average Bonchev–Trinajstić information content (AvgIpc) is 2.69. The van der Waals surface area contributed by atoms with Crippen molar-refractivity contribution in [2.24, 2.45) is 5.92 Å². The molecule has 2 heterocycles. The summed E-state index contributed by atoms with van der Waals surface area (Å²) in [6.45, 7) is 3.83. The molecule has 2 aliphatic rings. The second kappa shape index (κ2) is 4.90. The number of nitrogens with zero attached hydrogens (tertiary/aromatic N) is 1. The Morgan fingerprint density at radius 1 is 1.18 bits per heavy atom. The predicted molar refractivity (Wildman–Crippen MR) is 78.4 cm³/mol. The smallest absolute Gasteiger partial charge is 0.0487 e. The van der Waals surface area contributed by atoms with E-state index in [4.69, 9.17) is 0 Å². The first-order valence-electron chi connectivity index (χ1n) is 6.16. The van der Waals surface area contributed by atoms with Crippen molar-refractivity contribution in [3.63, 3.8) is 0 Å². The second-order valence-electron chi connectivity index (χ2n) is 5.01. The third-order valence-corrected chi connectivity index (χ3v) is 5.06. The molecular weight excluding hydrogens is 344 g/mol. The van der Waals surface area contributed by atoms with Gasteiger partial charge in [-0.3, -0.25) is 0 Å². The van der Waals surface area contributed by atoms with Gasteiger partial charge in [-0.05, 0) is 59.4 Å². The molecule has 3 rings (SSSR count). The SMILES string of the molecule is Brc1ccc(NC2CCN3CCC2C3)c(Br)c1. The standard InChI is InChI=1S/C13H16Br2N2/c14-10-1-2-13(11(15)7-10)16-12-4-6-17-5-3-9(12)8-17/h1-2,7,9,12,16H,3-6,8H2. The maximum absolute atomic E-state index is 3.71. The van der Waals surface area contributed by atoms with Gasteiger partial charge in [-0.2, -0.15) is 0 Å². The van der Waals surface area contributed by atoms with Crippen molar-refractivity contribution >= 4 is 37.5 Å². The summed E-state index contributed by atoms with van der Waals surface area (Å²) in [5, 5.41) is 3.71. The number of piperidine rings is 1. The average molecular weight is 360 g/mol. The molecule has 0 amide bonds. The van der Waals surface area contributed by atoms with Crippen molar-refractivity contribution in [1.29, 1.82) is 0 Å². The van der Waals surface area contributed by atoms with Crippen LogP contribution in [-0.4, -0.2) is 30.6 Å². The van der Waals surface area contributed by atoms with Crippen LogP contribution in [0.25, 0.3) is 0 Å². The van der Waals surface area contributed by atoms with Crippen molar-refractivity contribution in [3.8, 4) is 0 Å². The molecule has 0 spiro atoms. The van der Waals surface area contributed by atoms with E-state index in [1.54, 1.807) is 0 Å². The summed E-state index contributed by atoms with van der Waals surface area (Å²) in [5.74, 6) is 0.833. The van der Waals surface area contributed by atoms with Gasteiger partial charge in [0.25, 0.3) is 0 Å². The summed E-state index contributed by atoms with van der Waals surface area (Å²) in [6, 6.07) is 6.99. The zero-order chi connectivity index (χ0) is 11.8. The van der Waals surface area contributed by atoms with Crippen LogP contribution in [0.2, 0.25) is 0 Å². The lowest BCUT2D eigenvalue weighted by Crippen LogP contribution is -2.39. The normalized spacial score (nSPS) is 31.5. The molecule has 0 aromatic heterocycles. The number of benzene rings is 1. The fourth-order valence-corrected chi connectivity index (χ4v) is 4.11. The van der Waals surface area contributed by atoms with E-state index in [0.29, 0.717) is 6.04 Å². The van der Waals surface area contributed by atoms with E-state index in [2.05, 4.69) is 60.3 Å². The number of nitrogens with one attached hydrogen (secondary N) is 1. The fourth-order valence-electron chi connectivity index (χ4n) is 2.95. The number of rotatable bonds is 2. The van der Waals surface area contributed by atoms with Gasteiger partial charge in [-0.15, -0.1) is 0 Å². The van der Waals surface area contributed by atoms with E-state index in [0.717, 1.165) is 14.9 Å². The van der Waals surface area contributed by atoms with E-state index in [-0.39, 0.29) is 0 Å². The number of hydrogen-bond donors (Lipinski definition) is 1. The lowest BCUT2D eigenvalue weighted by atomic mass is 9.94. The van der Waals surface area contributed by atoms with Gasteiger partial charge in [0.05, 0.1) is 0 Å². The van der Waals surface area contributed by atoms with Gasteiger partial charge in [0.2, 0.25) is 0 Å². The van der Waals surface area contributed by atoms with Crippen molar-refractivity contribution < 1.29 is 0 Å². The van der Waals surface area contributed by atoms with Gasteiger partial charge < -0.3 is 10.2 Å². The van der Waals surface area contributed by atoms with E-state index in [9.17, 15) is 0 Å². The maximum atomic E-state index is 3.71. The summed E-state index contributed by atoms with van der Waals surface area (Å²) in [6.07, 6.45) is 2.62. The summed E-state index contributed by atoms with van der Waals surface area (Å²) in [7, 11) is 0. The highest BCUT2D eigenvalue weighted by molar-refractivity contribution is 9.11. The Kier molecular flexibility index (Phi) is 3.46. The number of halogens is 2. The van der Waals surface area contributed by atoms with Crippen molar-refractivity contribution in [2.45, 2.75) is 18.9 Å². The Morgan fingerprint density at radius 3 is 2.82 bits per heavy atom. The second-order valence-corrected chi connectivity index (χ2v) is 6.78. The highest BCUT2D eigenvalue weighted by Crippen LogP contribution is 2.32. The highest BCUT2D eigenvalue weighted by atomic mass is 79.9. The molecule has 2 nitrogen and oxygen atoms in total. The molecule has 2 saturated heterocycles. The first-order valence-corrected chi connectivity index (χ1v) is 7.75. The predicted octanol–water partition coefficient (Wildman–Crippen LogP) is 3.72. The number of hydrogen-bond acceptors (Lipinski definition) is 2. The van der Waals surface area contributed by atoms with Crippen LogP contribution in [0.15, 0.2) is 27.1 Å². The van der Waals surface area contributed by atoms with Crippen LogP contribution in [0.3, 0.4) is 0 Å². The molecule has 0 aliphatic carbocycles. The van der Waals surface area contributed by atoms with Gasteiger partial charge >= 0.3 is 0 Å². The first-order chi connectivity index (χ1) is 8.22. The molecule has 4 heteroatoms. The Labute approximate surface area is 119 Å². The molecule has 1 aromatic rings. The van der Waals surface area contributed by atoms with Gasteiger partial charge in [-0.25, -0.2) is 0 Å². The molecule has 3 unspecified atom stereocenters. The molecule has 3 atom stereocenters. The van der Waals surface area contributed by atoms with Crippen LogP contribution >= 0.6 is 31.9 Å². The summed E-state index contributed by atoms with van der Waals surface area (Å²) in [5.41, 5.74) is 1.22. The third kappa shape index (κ3) is 2.54. The molecule has 1 aromatic carbocycles. The highest BCUT2D eigenvalue weighted by Gasteiger charge is 2.34. The van der Waals surface area contributed by atoms with E-state index in [1.807, 2.05) is 0 Å². The van der Waals surface area contributed by atoms with E-state index < -0.39 is 0 Å². The number of fused-ring (bicyclic) bond motifs is 2. The molecule has 2 fully saturated rings. The van der Waals surface area contributed by atoms with Gasteiger partial charge in [0.15, 0.2) is 0 Å². The summed E-state index contributed by atoms with van der Waals surface area (Å²) in [4.78, 5) is 2.58. The van der Waals surface area contributed by atoms with E-state index >= 15 is 0 Å². The van der Waals surface area contributed by atoms with Crippen molar-refractivity contribution in [3.05, 3.63) is 27.1 Å². The molecule has 0 saturated carbocycles. The topological polar surface area (TPSA) is 15.3 Å². The molecule has 2 bridgehead atoms. The van der Waals surface area contributed by atoms with Gasteiger partial charge in [0.1, 0.15) is 0 Å². The van der Waals surface area contributed by atoms with Gasteiger partial charge in [0, 0.05) is 33.8 Å². The lowest BCUT2D eigenvalue weighted by Gasteiger charge is -2.32. The fraction of sp³-hybridized carbons (Fsp3) is 0.538. The van der Waals surface area contributed by atoms with Crippen LogP contribution in [0.4, 0.5) is 5.69 Å². The monoisotopic (exact) mass is 358 g/mol. The van der Waals surface area contributed by atoms with Crippen LogP contribution in [0.5, 0.6) is 0 Å². The minimum atomic E-state index is 0.645. The number of anilines is 1. The minimum absolute atomic E-state index is 0.645. The Balaban J connectivity index is 1.73. The Morgan fingerprint density at radius 2 is 2.00 bits per heavy atom. The largest absolute Gasteiger partial charge is 0.381 e. The third-order valence-electron chi connectivity index (χ3n) is 3.91. The minimum Gasteiger partial charge on any atom is -0.381 e. The summed E-state index contributed by atoms with van der Waals surface area (Å²) >= 11 is 7.11. The summed E-state index contributed by atoms with van der Waals surface area (Å²) < 4.78 is 2.26.